The van der Waals surface area contributed by atoms with Crippen molar-refractivity contribution < 1.29 is 0 Å². The van der Waals surface area contributed by atoms with Crippen molar-refractivity contribution in [3.05, 3.63) is 36.2 Å². The van der Waals surface area contributed by atoms with Gasteiger partial charge in [-0.25, -0.2) is 4.98 Å². The van der Waals surface area contributed by atoms with Gasteiger partial charge in [0, 0.05) is 36.9 Å². The highest BCUT2D eigenvalue weighted by Crippen LogP contribution is 2.31. The monoisotopic (exact) mass is 294 g/mol. The van der Waals surface area contributed by atoms with Gasteiger partial charge >= 0.3 is 0 Å². The van der Waals surface area contributed by atoms with Gasteiger partial charge in [-0.1, -0.05) is 6.07 Å². The highest BCUT2D eigenvalue weighted by molar-refractivity contribution is 5.93. The summed E-state index contributed by atoms with van der Waals surface area (Å²) < 4.78 is 0. The number of aromatic amines is 1. The summed E-state index contributed by atoms with van der Waals surface area (Å²) >= 11 is 0. The average molecular weight is 294 g/mol. The lowest BCUT2D eigenvalue weighted by Gasteiger charge is -2.04. The molecule has 2 heterocycles. The highest BCUT2D eigenvalue weighted by atomic mass is 15.1. The predicted octanol–water partition coefficient (Wildman–Crippen LogP) is 4.08. The van der Waals surface area contributed by atoms with Crippen molar-refractivity contribution in [3.8, 4) is 11.1 Å². The molecule has 0 bridgehead atoms. The second kappa shape index (κ2) is 5.93. The summed E-state index contributed by atoms with van der Waals surface area (Å²) in [5.74, 6) is 0.637. The topological polar surface area (TPSA) is 78.3 Å². The molecule has 0 aliphatic heterocycles. The number of hydrogen-bond acceptors (Lipinski definition) is 5. The number of H-pyrrole nitrogens is 1. The molecule has 2 aromatic heterocycles. The zero-order valence-corrected chi connectivity index (χ0v) is 12.9. The highest BCUT2D eigenvalue weighted by Gasteiger charge is 2.10. The minimum absolute atomic E-state index is 0.637. The summed E-state index contributed by atoms with van der Waals surface area (Å²) in [5, 5.41) is 12.1. The Hall–Kier alpha value is -2.76. The second-order valence-corrected chi connectivity index (χ2v) is 4.99. The number of fused-ring (bicyclic) bond motifs is 1. The number of nitrogens with one attached hydrogen (secondary N) is 2. The lowest BCUT2D eigenvalue weighted by Crippen LogP contribution is -2.01. The van der Waals surface area contributed by atoms with Crippen LogP contribution in [-0.2, 0) is 0 Å². The van der Waals surface area contributed by atoms with Crippen molar-refractivity contribution in [3.63, 3.8) is 0 Å². The van der Waals surface area contributed by atoms with E-state index in [4.69, 9.17) is 0 Å². The fraction of sp³-hybridized carbons (Fsp3) is 0.250. The van der Waals surface area contributed by atoms with Crippen LogP contribution in [0.3, 0.4) is 0 Å². The van der Waals surface area contributed by atoms with Crippen molar-refractivity contribution in [2.45, 2.75) is 13.8 Å². The Morgan fingerprint density at radius 3 is 2.91 bits per heavy atom. The quantitative estimate of drug-likeness (QED) is 0.712. The normalized spacial score (nSPS) is 11.4. The van der Waals surface area contributed by atoms with Crippen LogP contribution in [0.5, 0.6) is 0 Å². The van der Waals surface area contributed by atoms with Gasteiger partial charge in [0.25, 0.3) is 0 Å². The maximum absolute atomic E-state index is 4.47. The van der Waals surface area contributed by atoms with Crippen molar-refractivity contribution in [1.82, 2.24) is 15.0 Å². The van der Waals surface area contributed by atoms with Gasteiger partial charge in [0.1, 0.15) is 5.65 Å². The molecular weight excluding hydrogens is 276 g/mol. The van der Waals surface area contributed by atoms with E-state index >= 15 is 0 Å². The average Bonchev–Trinajstić information content (AvgIpc) is 2.93. The van der Waals surface area contributed by atoms with Crippen LogP contribution in [-0.4, -0.2) is 28.5 Å². The summed E-state index contributed by atoms with van der Waals surface area (Å²) in [7, 11) is 1.67. The molecule has 2 N–H and O–H groups in total. The Kier molecular flexibility index (Phi) is 3.82. The molecule has 0 fully saturated rings. The molecular formula is C16H18N6. The summed E-state index contributed by atoms with van der Waals surface area (Å²) in [5.41, 5.74) is 5.00. The SMILES string of the molecule is CCNc1ncc2c(-c3ccc(N=NC)c(C)c3)c[nH]c2n1. The summed E-state index contributed by atoms with van der Waals surface area (Å²) in [6.07, 6.45) is 3.81. The molecule has 0 atom stereocenters. The van der Waals surface area contributed by atoms with Crippen LogP contribution in [0.4, 0.5) is 11.6 Å². The molecule has 3 aromatic rings. The van der Waals surface area contributed by atoms with Crippen molar-refractivity contribution in [1.29, 1.82) is 0 Å². The number of benzene rings is 1. The molecule has 6 heteroatoms. The van der Waals surface area contributed by atoms with Crippen LogP contribution < -0.4 is 5.32 Å². The zero-order chi connectivity index (χ0) is 15.5. The van der Waals surface area contributed by atoms with E-state index in [1.54, 1.807) is 7.05 Å². The third kappa shape index (κ3) is 2.55. The molecule has 22 heavy (non-hydrogen) atoms. The van der Waals surface area contributed by atoms with Gasteiger partial charge < -0.3 is 10.3 Å². The Morgan fingerprint density at radius 1 is 1.32 bits per heavy atom. The molecule has 6 nitrogen and oxygen atoms in total. The van der Waals surface area contributed by atoms with Crippen LogP contribution in [0.2, 0.25) is 0 Å². The first-order valence-corrected chi connectivity index (χ1v) is 7.21. The Labute approximate surface area is 128 Å². The first-order chi connectivity index (χ1) is 10.7. The van der Waals surface area contributed by atoms with E-state index in [1.807, 2.05) is 38.4 Å². The predicted molar refractivity (Wildman–Crippen MR) is 88.7 cm³/mol. The van der Waals surface area contributed by atoms with Gasteiger partial charge in [0.15, 0.2) is 0 Å². The Balaban J connectivity index is 2.05. The third-order valence-corrected chi connectivity index (χ3v) is 3.48. The Bertz CT molecular complexity index is 834. The van der Waals surface area contributed by atoms with E-state index in [-0.39, 0.29) is 0 Å². The van der Waals surface area contributed by atoms with Gasteiger partial charge in [-0.3, -0.25) is 0 Å². The number of aromatic nitrogens is 3. The van der Waals surface area contributed by atoms with E-state index in [0.717, 1.165) is 40.0 Å². The number of rotatable bonds is 4. The zero-order valence-electron chi connectivity index (χ0n) is 12.9. The molecule has 0 aliphatic rings. The van der Waals surface area contributed by atoms with Crippen LogP contribution in [0, 0.1) is 6.92 Å². The van der Waals surface area contributed by atoms with E-state index in [2.05, 4.69) is 36.6 Å². The number of hydrogen-bond donors (Lipinski definition) is 2. The lowest BCUT2D eigenvalue weighted by molar-refractivity contribution is 1.10. The second-order valence-electron chi connectivity index (χ2n) is 4.99. The van der Waals surface area contributed by atoms with Gasteiger partial charge in [0.2, 0.25) is 5.95 Å². The van der Waals surface area contributed by atoms with Crippen LogP contribution in [0.25, 0.3) is 22.2 Å². The fourth-order valence-electron chi connectivity index (χ4n) is 2.43. The molecule has 3 rings (SSSR count). The first kappa shape index (κ1) is 14.2. The van der Waals surface area contributed by atoms with E-state index in [1.165, 1.54) is 0 Å². The molecule has 0 amide bonds. The number of anilines is 1. The number of nitrogens with zero attached hydrogens (tertiary/aromatic N) is 4. The van der Waals surface area contributed by atoms with Gasteiger partial charge in [-0.15, -0.1) is 0 Å². The molecule has 1 aromatic carbocycles. The van der Waals surface area contributed by atoms with Crippen molar-refractivity contribution in [2.75, 3.05) is 18.9 Å². The minimum atomic E-state index is 0.637. The third-order valence-electron chi connectivity index (χ3n) is 3.48. The van der Waals surface area contributed by atoms with E-state index in [0.29, 0.717) is 5.95 Å². The number of azo groups is 1. The molecule has 0 saturated heterocycles. The maximum Gasteiger partial charge on any atom is 0.224 e. The molecule has 0 unspecified atom stereocenters. The van der Waals surface area contributed by atoms with Crippen LogP contribution in [0.15, 0.2) is 40.8 Å². The molecule has 0 radical (unpaired) electrons. The smallest absolute Gasteiger partial charge is 0.224 e. The minimum Gasteiger partial charge on any atom is -0.354 e. The van der Waals surface area contributed by atoms with Crippen LogP contribution >= 0.6 is 0 Å². The molecule has 0 saturated carbocycles. The molecule has 0 aliphatic carbocycles. The van der Waals surface area contributed by atoms with Crippen molar-refractivity contribution in [2.24, 2.45) is 10.2 Å². The van der Waals surface area contributed by atoms with Gasteiger partial charge in [-0.2, -0.15) is 15.2 Å². The van der Waals surface area contributed by atoms with Gasteiger partial charge in [0.05, 0.1) is 5.69 Å². The molecule has 0 spiro atoms. The van der Waals surface area contributed by atoms with E-state index in [9.17, 15) is 0 Å². The van der Waals surface area contributed by atoms with Crippen molar-refractivity contribution >= 4 is 22.7 Å². The fourth-order valence-corrected chi connectivity index (χ4v) is 2.43. The summed E-state index contributed by atoms with van der Waals surface area (Å²) in [6.45, 7) is 4.85. The summed E-state index contributed by atoms with van der Waals surface area (Å²) in [4.78, 5) is 12.0. The Morgan fingerprint density at radius 2 is 2.18 bits per heavy atom. The lowest BCUT2D eigenvalue weighted by atomic mass is 10.0. The van der Waals surface area contributed by atoms with Gasteiger partial charge in [-0.05, 0) is 37.1 Å². The molecule has 112 valence electrons. The standard InChI is InChI=1S/C16H18N6/c1-4-18-16-20-9-13-12(8-19-15(13)21-16)11-5-6-14(22-17-3)10(2)7-11/h5-9H,4H2,1-3H3,(H2,18,19,20,21). The maximum atomic E-state index is 4.47. The summed E-state index contributed by atoms with van der Waals surface area (Å²) in [6, 6.07) is 6.12. The van der Waals surface area contributed by atoms with E-state index < -0.39 is 0 Å². The number of aryl methyl sites for hydroxylation is 1. The van der Waals surface area contributed by atoms with Crippen LogP contribution in [0.1, 0.15) is 12.5 Å². The first-order valence-electron chi connectivity index (χ1n) is 7.21. The largest absolute Gasteiger partial charge is 0.354 e.